The van der Waals surface area contributed by atoms with Gasteiger partial charge in [0, 0.05) is 6.20 Å². The predicted octanol–water partition coefficient (Wildman–Crippen LogP) is 0.510. The average Bonchev–Trinajstić information content (AvgIpc) is 1.90. The molecule has 0 spiro atoms. The molecule has 0 saturated heterocycles. The Kier molecular flexibility index (Phi) is 1.75. The standard InChI is InChI=1S/C5H7BNO/c1-8-7-5-3-2-4-6-7/h2-5H,1H3. The van der Waals surface area contributed by atoms with E-state index in [2.05, 4.69) is 0 Å². The summed E-state index contributed by atoms with van der Waals surface area (Å²) in [5.41, 5.74) is 0. The van der Waals surface area contributed by atoms with Crippen molar-refractivity contribution in [3.63, 3.8) is 0 Å². The predicted molar refractivity (Wildman–Crippen MR) is 32.9 cm³/mol. The van der Waals surface area contributed by atoms with Crippen LogP contribution in [0.15, 0.2) is 24.3 Å². The smallest absolute Gasteiger partial charge is 0.308 e. The molecule has 0 aromatic rings. The third-order valence-electron chi connectivity index (χ3n) is 0.899. The Hall–Kier alpha value is -0.695. The summed E-state index contributed by atoms with van der Waals surface area (Å²) in [5, 5.41) is 0. The molecule has 0 atom stereocenters. The highest BCUT2D eigenvalue weighted by Gasteiger charge is 1.96. The van der Waals surface area contributed by atoms with Crippen molar-refractivity contribution in [2.24, 2.45) is 0 Å². The van der Waals surface area contributed by atoms with Crippen LogP contribution in [0.2, 0.25) is 0 Å². The summed E-state index contributed by atoms with van der Waals surface area (Å²) in [6.07, 6.45) is 5.68. The van der Waals surface area contributed by atoms with Crippen molar-refractivity contribution in [1.82, 2.24) is 4.97 Å². The van der Waals surface area contributed by atoms with Gasteiger partial charge in [0.1, 0.15) is 0 Å². The van der Waals surface area contributed by atoms with Crippen molar-refractivity contribution >= 4 is 7.41 Å². The van der Waals surface area contributed by atoms with Gasteiger partial charge < -0.3 is 4.97 Å². The number of hydrogen-bond donors (Lipinski definition) is 0. The minimum absolute atomic E-state index is 1.62. The van der Waals surface area contributed by atoms with E-state index in [4.69, 9.17) is 4.84 Å². The van der Waals surface area contributed by atoms with Crippen LogP contribution in [0.5, 0.6) is 0 Å². The molecule has 1 radical (unpaired) electrons. The maximum atomic E-state index is 4.83. The van der Waals surface area contributed by atoms with Crippen LogP contribution in [0.1, 0.15) is 0 Å². The summed E-state index contributed by atoms with van der Waals surface area (Å²) in [6.45, 7) is 0. The van der Waals surface area contributed by atoms with E-state index in [1.807, 2.05) is 31.7 Å². The van der Waals surface area contributed by atoms with Crippen LogP contribution >= 0.6 is 0 Å². The third-order valence-corrected chi connectivity index (χ3v) is 0.899. The number of allylic oxidation sites excluding steroid dienone is 2. The van der Waals surface area contributed by atoms with Gasteiger partial charge in [-0.05, 0) is 6.08 Å². The zero-order valence-corrected chi connectivity index (χ0v) is 4.74. The van der Waals surface area contributed by atoms with Crippen molar-refractivity contribution < 1.29 is 4.84 Å². The van der Waals surface area contributed by atoms with Crippen molar-refractivity contribution in [2.45, 2.75) is 0 Å². The lowest BCUT2D eigenvalue weighted by Gasteiger charge is -2.15. The van der Waals surface area contributed by atoms with Crippen molar-refractivity contribution in [3.05, 3.63) is 24.3 Å². The zero-order chi connectivity index (χ0) is 5.82. The van der Waals surface area contributed by atoms with Crippen LogP contribution in [0.25, 0.3) is 0 Å². The molecule has 1 aliphatic rings. The van der Waals surface area contributed by atoms with E-state index in [-0.39, 0.29) is 0 Å². The van der Waals surface area contributed by atoms with Gasteiger partial charge in [0.05, 0.1) is 7.11 Å². The fraction of sp³-hybridized carbons (Fsp3) is 0.200. The van der Waals surface area contributed by atoms with Crippen LogP contribution in [-0.4, -0.2) is 19.5 Å². The third kappa shape index (κ3) is 1.14. The van der Waals surface area contributed by atoms with E-state index in [0.29, 0.717) is 0 Å². The Balaban J connectivity index is 2.40. The van der Waals surface area contributed by atoms with Gasteiger partial charge in [0.25, 0.3) is 0 Å². The topological polar surface area (TPSA) is 12.5 Å². The van der Waals surface area contributed by atoms with Crippen LogP contribution < -0.4 is 0 Å². The molecule has 0 N–H and O–H groups in total. The summed E-state index contributed by atoms with van der Waals surface area (Å²) in [6, 6.07) is 0. The average molecular weight is 108 g/mol. The summed E-state index contributed by atoms with van der Waals surface area (Å²) >= 11 is 0. The largest absolute Gasteiger partial charge is 0.314 e. The van der Waals surface area contributed by atoms with Gasteiger partial charge in [-0.1, -0.05) is 12.1 Å². The maximum absolute atomic E-state index is 4.83. The van der Waals surface area contributed by atoms with E-state index in [0.717, 1.165) is 0 Å². The van der Waals surface area contributed by atoms with Gasteiger partial charge in [0.2, 0.25) is 0 Å². The van der Waals surface area contributed by atoms with Gasteiger partial charge in [0.15, 0.2) is 0 Å². The second-order valence-corrected chi connectivity index (χ2v) is 1.42. The van der Waals surface area contributed by atoms with E-state index >= 15 is 0 Å². The molecule has 0 aromatic heterocycles. The Labute approximate surface area is 49.7 Å². The molecule has 0 aromatic carbocycles. The minimum Gasteiger partial charge on any atom is -0.308 e. The lowest BCUT2D eigenvalue weighted by molar-refractivity contribution is -0.00828. The first kappa shape index (κ1) is 5.44. The highest BCUT2D eigenvalue weighted by atomic mass is 16.7. The molecule has 0 bridgehead atoms. The number of rotatable bonds is 1. The fourth-order valence-electron chi connectivity index (χ4n) is 0.505. The maximum Gasteiger partial charge on any atom is 0.314 e. The quantitative estimate of drug-likeness (QED) is 0.453. The highest BCUT2D eigenvalue weighted by molar-refractivity contribution is 6.39. The summed E-state index contributed by atoms with van der Waals surface area (Å²) in [4.78, 5) is 6.46. The summed E-state index contributed by atoms with van der Waals surface area (Å²) in [5.74, 6) is 1.91. The van der Waals surface area contributed by atoms with Crippen LogP contribution in [0.4, 0.5) is 0 Å². The SMILES string of the molecule is CON1[B]C=CC=C1. The van der Waals surface area contributed by atoms with E-state index in [9.17, 15) is 0 Å². The van der Waals surface area contributed by atoms with Gasteiger partial charge in [-0.2, -0.15) is 0 Å². The molecule has 8 heavy (non-hydrogen) atoms. The van der Waals surface area contributed by atoms with Crippen LogP contribution in [0.3, 0.4) is 0 Å². The second kappa shape index (κ2) is 2.57. The molecule has 1 heterocycles. The van der Waals surface area contributed by atoms with Crippen LogP contribution in [-0.2, 0) is 4.84 Å². The first-order valence-corrected chi connectivity index (χ1v) is 2.44. The zero-order valence-electron chi connectivity index (χ0n) is 4.74. The van der Waals surface area contributed by atoms with Crippen molar-refractivity contribution in [1.29, 1.82) is 0 Å². The lowest BCUT2D eigenvalue weighted by atomic mass is 9.92. The molecule has 0 saturated carbocycles. The number of nitrogens with zero attached hydrogens (tertiary/aromatic N) is 1. The minimum atomic E-state index is 1.62. The summed E-state index contributed by atoms with van der Waals surface area (Å²) in [7, 11) is 3.46. The van der Waals surface area contributed by atoms with E-state index in [1.54, 1.807) is 12.1 Å². The molecule has 3 heteroatoms. The van der Waals surface area contributed by atoms with Crippen molar-refractivity contribution in [3.8, 4) is 0 Å². The first-order chi connectivity index (χ1) is 3.93. The molecule has 0 fully saturated rings. The lowest BCUT2D eigenvalue weighted by Crippen LogP contribution is -2.20. The normalized spacial score (nSPS) is 16.4. The molecule has 0 amide bonds. The highest BCUT2D eigenvalue weighted by Crippen LogP contribution is 1.93. The molecule has 0 aliphatic carbocycles. The Morgan fingerprint density at radius 3 is 2.75 bits per heavy atom. The number of hydroxylamine groups is 1. The molecule has 1 aliphatic heterocycles. The molecule has 0 unspecified atom stereocenters. The van der Waals surface area contributed by atoms with Gasteiger partial charge in [-0.3, -0.25) is 4.84 Å². The van der Waals surface area contributed by atoms with Crippen molar-refractivity contribution in [2.75, 3.05) is 7.11 Å². The molecule has 1 rings (SSSR count). The van der Waals surface area contributed by atoms with Gasteiger partial charge in [-0.25, -0.2) is 0 Å². The van der Waals surface area contributed by atoms with Gasteiger partial charge >= 0.3 is 7.41 Å². The second-order valence-electron chi connectivity index (χ2n) is 1.42. The first-order valence-electron chi connectivity index (χ1n) is 2.44. The Morgan fingerprint density at radius 2 is 2.38 bits per heavy atom. The molecule has 2 nitrogen and oxygen atoms in total. The van der Waals surface area contributed by atoms with E-state index < -0.39 is 0 Å². The summed E-state index contributed by atoms with van der Waals surface area (Å²) < 4.78 is 0. The van der Waals surface area contributed by atoms with E-state index in [1.165, 1.54) is 0 Å². The molecular weight excluding hydrogens is 101 g/mol. The Morgan fingerprint density at radius 1 is 1.50 bits per heavy atom. The molecular formula is C5H7BNO. The molecule has 41 valence electrons. The number of hydrogen-bond acceptors (Lipinski definition) is 2. The monoisotopic (exact) mass is 108 g/mol. The fourth-order valence-corrected chi connectivity index (χ4v) is 0.505. The Bertz CT molecular complexity index is 122. The van der Waals surface area contributed by atoms with Crippen LogP contribution in [0, 0.1) is 0 Å². The van der Waals surface area contributed by atoms with Gasteiger partial charge in [-0.15, -0.1) is 0 Å².